The van der Waals surface area contributed by atoms with Gasteiger partial charge in [0.2, 0.25) is 5.91 Å². The normalized spacial score (nSPS) is 11.6. The molecule has 0 fully saturated rings. The number of amides is 1. The zero-order valence-corrected chi connectivity index (χ0v) is 13.1. The Morgan fingerprint density at radius 1 is 1.24 bits per heavy atom. The molecule has 1 unspecified atom stereocenters. The van der Waals surface area contributed by atoms with Gasteiger partial charge in [-0.15, -0.1) is 12.4 Å². The number of halogens is 1. The van der Waals surface area contributed by atoms with Gasteiger partial charge in [-0.05, 0) is 24.6 Å². The third kappa shape index (κ3) is 4.92. The van der Waals surface area contributed by atoms with E-state index in [0.717, 1.165) is 17.1 Å². The van der Waals surface area contributed by atoms with E-state index >= 15 is 0 Å². The largest absolute Gasteiger partial charge is 0.464 e. The van der Waals surface area contributed by atoms with Gasteiger partial charge >= 0.3 is 0 Å². The number of aryl methyl sites for hydroxylation is 1. The number of nitrogens with zero attached hydrogens (tertiary/aromatic N) is 1. The van der Waals surface area contributed by atoms with Crippen molar-refractivity contribution in [1.82, 2.24) is 4.90 Å². The predicted molar refractivity (Wildman–Crippen MR) is 85.2 cm³/mol. The van der Waals surface area contributed by atoms with Crippen molar-refractivity contribution in [2.24, 2.45) is 5.73 Å². The van der Waals surface area contributed by atoms with Crippen LogP contribution in [-0.4, -0.2) is 17.9 Å². The molecule has 2 N–H and O–H groups in total. The van der Waals surface area contributed by atoms with Crippen molar-refractivity contribution in [2.75, 3.05) is 7.05 Å². The maximum atomic E-state index is 12.1. The van der Waals surface area contributed by atoms with Crippen molar-refractivity contribution in [2.45, 2.75) is 25.9 Å². The van der Waals surface area contributed by atoms with Gasteiger partial charge in [0.1, 0.15) is 11.5 Å². The minimum atomic E-state index is -0.274. The topological polar surface area (TPSA) is 59.5 Å². The fraction of sp³-hybridized carbons (Fsp3) is 0.312. The fourth-order valence-corrected chi connectivity index (χ4v) is 2.05. The number of furan rings is 1. The third-order valence-corrected chi connectivity index (χ3v) is 3.24. The van der Waals surface area contributed by atoms with E-state index in [1.165, 1.54) is 0 Å². The molecule has 1 heterocycles. The number of nitrogens with two attached hydrogens (primary N) is 1. The number of hydrogen-bond donors (Lipinski definition) is 1. The first-order valence-electron chi connectivity index (χ1n) is 6.66. The lowest BCUT2D eigenvalue weighted by molar-refractivity contribution is -0.131. The highest BCUT2D eigenvalue weighted by molar-refractivity contribution is 5.85. The highest BCUT2D eigenvalue weighted by Crippen LogP contribution is 2.15. The number of carbonyl (C=O) groups is 1. The fourth-order valence-electron chi connectivity index (χ4n) is 2.05. The summed E-state index contributed by atoms with van der Waals surface area (Å²) in [6.07, 6.45) is 0.292. The van der Waals surface area contributed by atoms with Crippen LogP contribution >= 0.6 is 12.4 Å². The monoisotopic (exact) mass is 308 g/mol. The van der Waals surface area contributed by atoms with Gasteiger partial charge in [0.25, 0.3) is 0 Å². The lowest BCUT2D eigenvalue weighted by Gasteiger charge is -2.18. The zero-order valence-electron chi connectivity index (χ0n) is 12.3. The molecule has 2 aromatic rings. The van der Waals surface area contributed by atoms with E-state index in [4.69, 9.17) is 10.2 Å². The molecule has 5 heteroatoms. The van der Waals surface area contributed by atoms with Gasteiger partial charge in [0.05, 0.1) is 6.54 Å². The van der Waals surface area contributed by atoms with Crippen molar-refractivity contribution in [3.8, 4) is 0 Å². The standard InChI is InChI=1S/C16H20N2O2.ClH/c1-12-8-9-14(20-12)11-18(2)16(19)10-15(17)13-6-4-3-5-7-13;/h3-9,15H,10-11,17H2,1-2H3;1H. The smallest absolute Gasteiger partial charge is 0.224 e. The summed E-state index contributed by atoms with van der Waals surface area (Å²) in [4.78, 5) is 13.8. The van der Waals surface area contributed by atoms with Crippen molar-refractivity contribution >= 4 is 18.3 Å². The maximum absolute atomic E-state index is 12.1. The molecule has 0 aliphatic carbocycles. The van der Waals surface area contributed by atoms with E-state index in [9.17, 15) is 4.79 Å². The van der Waals surface area contributed by atoms with E-state index < -0.39 is 0 Å². The second-order valence-electron chi connectivity index (χ2n) is 4.98. The molecule has 0 saturated heterocycles. The van der Waals surface area contributed by atoms with Gasteiger partial charge in [-0.3, -0.25) is 4.79 Å². The van der Waals surface area contributed by atoms with Gasteiger partial charge < -0.3 is 15.1 Å². The summed E-state index contributed by atoms with van der Waals surface area (Å²) >= 11 is 0. The van der Waals surface area contributed by atoms with Gasteiger partial charge in [-0.25, -0.2) is 0 Å². The molecular formula is C16H21ClN2O2. The highest BCUT2D eigenvalue weighted by atomic mass is 35.5. The number of carbonyl (C=O) groups excluding carboxylic acids is 1. The van der Waals surface area contributed by atoms with Gasteiger partial charge in [0, 0.05) is 19.5 Å². The molecule has 1 aromatic heterocycles. The third-order valence-electron chi connectivity index (χ3n) is 3.24. The Hall–Kier alpha value is -1.78. The Bertz CT molecular complexity index is 569. The molecule has 1 aromatic carbocycles. The summed E-state index contributed by atoms with van der Waals surface area (Å²) in [5, 5.41) is 0. The molecule has 0 aliphatic heterocycles. The molecule has 0 aliphatic rings. The van der Waals surface area contributed by atoms with E-state index in [-0.39, 0.29) is 24.4 Å². The Kier molecular flexibility index (Phi) is 6.46. The molecule has 0 spiro atoms. The van der Waals surface area contributed by atoms with Crippen molar-refractivity contribution in [1.29, 1.82) is 0 Å². The van der Waals surface area contributed by atoms with Crippen LogP contribution < -0.4 is 5.73 Å². The van der Waals surface area contributed by atoms with Crippen molar-refractivity contribution in [3.63, 3.8) is 0 Å². The van der Waals surface area contributed by atoms with Crippen LogP contribution in [0.15, 0.2) is 46.9 Å². The molecule has 4 nitrogen and oxygen atoms in total. The van der Waals surface area contributed by atoms with Crippen LogP contribution in [0.4, 0.5) is 0 Å². The zero-order chi connectivity index (χ0) is 14.5. The minimum Gasteiger partial charge on any atom is -0.464 e. The lowest BCUT2D eigenvalue weighted by atomic mass is 10.0. The molecule has 0 radical (unpaired) electrons. The SMILES string of the molecule is Cc1ccc(CN(C)C(=O)CC(N)c2ccccc2)o1.Cl. The van der Waals surface area contributed by atoms with E-state index in [2.05, 4.69) is 0 Å². The van der Waals surface area contributed by atoms with Crippen LogP contribution in [0.25, 0.3) is 0 Å². The minimum absolute atomic E-state index is 0. The Labute approximate surface area is 131 Å². The summed E-state index contributed by atoms with van der Waals surface area (Å²) in [5.41, 5.74) is 7.04. The quantitative estimate of drug-likeness (QED) is 0.923. The van der Waals surface area contributed by atoms with Crippen molar-refractivity contribution in [3.05, 3.63) is 59.5 Å². The molecular weight excluding hydrogens is 288 g/mol. The molecule has 1 amide bonds. The first-order valence-corrected chi connectivity index (χ1v) is 6.66. The van der Waals surface area contributed by atoms with Crippen LogP contribution in [0.1, 0.15) is 29.5 Å². The molecule has 0 bridgehead atoms. The summed E-state index contributed by atoms with van der Waals surface area (Å²) in [6, 6.07) is 13.2. The van der Waals surface area contributed by atoms with Crippen LogP contribution in [0.5, 0.6) is 0 Å². The Balaban J connectivity index is 0.00000220. The average Bonchev–Trinajstić information content (AvgIpc) is 2.85. The molecule has 21 heavy (non-hydrogen) atoms. The van der Waals surface area contributed by atoms with Gasteiger partial charge in [0.15, 0.2) is 0 Å². The number of benzene rings is 1. The first kappa shape index (κ1) is 17.3. The second-order valence-corrected chi connectivity index (χ2v) is 4.98. The first-order chi connectivity index (χ1) is 9.56. The average molecular weight is 309 g/mol. The van der Waals surface area contributed by atoms with Crippen LogP contribution in [0.2, 0.25) is 0 Å². The van der Waals surface area contributed by atoms with E-state index in [1.54, 1.807) is 11.9 Å². The second kappa shape index (κ2) is 7.86. The molecule has 2 rings (SSSR count). The molecule has 0 saturated carbocycles. The number of hydrogen-bond acceptors (Lipinski definition) is 3. The molecule has 114 valence electrons. The van der Waals surface area contributed by atoms with Gasteiger partial charge in [-0.1, -0.05) is 30.3 Å². The van der Waals surface area contributed by atoms with E-state index in [1.807, 2.05) is 49.4 Å². The summed E-state index contributed by atoms with van der Waals surface area (Å²) < 4.78 is 5.47. The maximum Gasteiger partial charge on any atom is 0.224 e. The number of rotatable bonds is 5. The summed E-state index contributed by atoms with van der Waals surface area (Å²) in [5.74, 6) is 1.64. The highest BCUT2D eigenvalue weighted by Gasteiger charge is 2.16. The summed E-state index contributed by atoms with van der Waals surface area (Å²) in [6.45, 7) is 2.35. The van der Waals surface area contributed by atoms with Crippen molar-refractivity contribution < 1.29 is 9.21 Å². The van der Waals surface area contributed by atoms with Crippen LogP contribution in [0, 0.1) is 6.92 Å². The Morgan fingerprint density at radius 3 is 2.48 bits per heavy atom. The summed E-state index contributed by atoms with van der Waals surface area (Å²) in [7, 11) is 1.76. The Morgan fingerprint density at radius 2 is 1.90 bits per heavy atom. The van der Waals surface area contributed by atoms with E-state index in [0.29, 0.717) is 13.0 Å². The van der Waals surface area contributed by atoms with Gasteiger partial charge in [-0.2, -0.15) is 0 Å². The van der Waals surface area contributed by atoms with Crippen LogP contribution in [-0.2, 0) is 11.3 Å². The predicted octanol–water partition coefficient (Wildman–Crippen LogP) is 3.06. The lowest BCUT2D eigenvalue weighted by Crippen LogP contribution is -2.29. The molecule has 1 atom stereocenters. The van der Waals surface area contributed by atoms with Crippen LogP contribution in [0.3, 0.4) is 0 Å².